The Hall–Kier alpha value is -0.0800. The molecule has 0 aliphatic heterocycles. The van der Waals surface area contributed by atoms with Gasteiger partial charge in [-0.2, -0.15) is 0 Å². The fourth-order valence-corrected chi connectivity index (χ4v) is 2.56. The second-order valence-corrected chi connectivity index (χ2v) is 5.36. The molecule has 1 rings (SSSR count). The molecule has 102 valence electrons. The van der Waals surface area contributed by atoms with Crippen molar-refractivity contribution in [3.8, 4) is 0 Å². The van der Waals surface area contributed by atoms with Crippen LogP contribution in [-0.2, 0) is 4.74 Å². The average molecular weight is 241 g/mol. The molecule has 1 aliphatic rings. The fourth-order valence-electron chi connectivity index (χ4n) is 2.56. The number of nitrogens with one attached hydrogen (secondary N) is 1. The van der Waals surface area contributed by atoms with E-state index < -0.39 is 0 Å². The highest BCUT2D eigenvalue weighted by Gasteiger charge is 2.20. The van der Waals surface area contributed by atoms with Gasteiger partial charge in [-0.25, -0.2) is 0 Å². The average Bonchev–Trinajstić information content (AvgIpc) is 2.37. The third-order valence-electron chi connectivity index (χ3n) is 3.71. The normalized spacial score (nSPS) is 25.1. The summed E-state index contributed by atoms with van der Waals surface area (Å²) < 4.78 is 5.95. The van der Waals surface area contributed by atoms with Gasteiger partial charge in [0.05, 0.1) is 6.10 Å². The molecule has 0 bridgehead atoms. The van der Waals surface area contributed by atoms with Crippen LogP contribution < -0.4 is 5.32 Å². The Morgan fingerprint density at radius 3 is 2.35 bits per heavy atom. The minimum absolute atomic E-state index is 0.552. The van der Waals surface area contributed by atoms with E-state index in [4.69, 9.17) is 4.74 Å². The van der Waals surface area contributed by atoms with Gasteiger partial charge in [0.25, 0.3) is 0 Å². The lowest BCUT2D eigenvalue weighted by Crippen LogP contribution is -2.35. The molecular formula is C15H31NO. The van der Waals surface area contributed by atoms with Crippen molar-refractivity contribution < 1.29 is 4.74 Å². The van der Waals surface area contributed by atoms with Gasteiger partial charge in [0.1, 0.15) is 0 Å². The Morgan fingerprint density at radius 1 is 0.941 bits per heavy atom. The van der Waals surface area contributed by atoms with Crippen LogP contribution in [0, 0.1) is 0 Å². The van der Waals surface area contributed by atoms with E-state index in [9.17, 15) is 0 Å². The van der Waals surface area contributed by atoms with E-state index in [1.807, 2.05) is 0 Å². The van der Waals surface area contributed by atoms with Gasteiger partial charge in [-0.05, 0) is 45.1 Å². The minimum Gasteiger partial charge on any atom is -0.378 e. The van der Waals surface area contributed by atoms with Crippen LogP contribution >= 0.6 is 0 Å². The molecule has 0 radical (unpaired) electrons. The number of ether oxygens (including phenoxy) is 1. The van der Waals surface area contributed by atoms with Crippen LogP contribution in [0.4, 0.5) is 0 Å². The molecule has 17 heavy (non-hydrogen) atoms. The molecule has 0 heterocycles. The zero-order valence-corrected chi connectivity index (χ0v) is 11.8. The standard InChI is InChI=1S/C15H31NO/c1-3-5-6-7-13-17-15-10-8-14(9-11-15)16-12-4-2/h14-16H,3-13H2,1-2H3. The highest BCUT2D eigenvalue weighted by molar-refractivity contribution is 4.77. The quantitative estimate of drug-likeness (QED) is 0.618. The smallest absolute Gasteiger partial charge is 0.0576 e. The summed E-state index contributed by atoms with van der Waals surface area (Å²) in [6, 6.07) is 0.759. The molecule has 0 saturated heterocycles. The Bertz CT molecular complexity index is 162. The molecule has 1 N–H and O–H groups in total. The Balaban J connectivity index is 1.95. The van der Waals surface area contributed by atoms with E-state index in [0.717, 1.165) is 12.6 Å². The monoisotopic (exact) mass is 241 g/mol. The first-order valence-electron chi connectivity index (χ1n) is 7.71. The van der Waals surface area contributed by atoms with E-state index >= 15 is 0 Å². The molecule has 2 nitrogen and oxygen atoms in total. The molecule has 0 atom stereocenters. The van der Waals surface area contributed by atoms with E-state index in [1.54, 1.807) is 0 Å². The molecule has 0 aromatic heterocycles. The topological polar surface area (TPSA) is 21.3 Å². The van der Waals surface area contributed by atoms with E-state index in [1.165, 1.54) is 64.3 Å². The maximum atomic E-state index is 5.95. The van der Waals surface area contributed by atoms with Gasteiger partial charge < -0.3 is 10.1 Å². The van der Waals surface area contributed by atoms with Crippen molar-refractivity contribution in [3.05, 3.63) is 0 Å². The Labute approximate surface area is 108 Å². The molecule has 0 aromatic rings. The SMILES string of the molecule is CCCCCCOC1CCC(NCCC)CC1. The third kappa shape index (κ3) is 7.05. The summed E-state index contributed by atoms with van der Waals surface area (Å²) in [7, 11) is 0. The van der Waals surface area contributed by atoms with Crippen molar-refractivity contribution in [2.24, 2.45) is 0 Å². The highest BCUT2D eigenvalue weighted by Crippen LogP contribution is 2.21. The van der Waals surface area contributed by atoms with E-state index in [-0.39, 0.29) is 0 Å². The number of unbranched alkanes of at least 4 members (excludes halogenated alkanes) is 3. The summed E-state index contributed by atoms with van der Waals surface area (Å²) in [5.74, 6) is 0. The van der Waals surface area contributed by atoms with Gasteiger partial charge in [-0.3, -0.25) is 0 Å². The van der Waals surface area contributed by atoms with Crippen molar-refractivity contribution in [1.29, 1.82) is 0 Å². The lowest BCUT2D eigenvalue weighted by molar-refractivity contribution is 0.0205. The highest BCUT2D eigenvalue weighted by atomic mass is 16.5. The van der Waals surface area contributed by atoms with Gasteiger partial charge in [0.15, 0.2) is 0 Å². The summed E-state index contributed by atoms with van der Waals surface area (Å²) in [6.45, 7) is 6.65. The second-order valence-electron chi connectivity index (χ2n) is 5.36. The first-order chi connectivity index (χ1) is 8.36. The molecule has 1 aliphatic carbocycles. The minimum atomic E-state index is 0.552. The Morgan fingerprint density at radius 2 is 1.71 bits per heavy atom. The lowest BCUT2D eigenvalue weighted by Gasteiger charge is -2.29. The summed E-state index contributed by atoms with van der Waals surface area (Å²) in [4.78, 5) is 0. The van der Waals surface area contributed by atoms with Gasteiger partial charge in [-0.1, -0.05) is 33.1 Å². The molecule has 1 fully saturated rings. The van der Waals surface area contributed by atoms with Crippen LogP contribution in [0.25, 0.3) is 0 Å². The van der Waals surface area contributed by atoms with Crippen LogP contribution in [0.5, 0.6) is 0 Å². The lowest BCUT2D eigenvalue weighted by atomic mass is 9.93. The molecule has 0 unspecified atom stereocenters. The molecule has 1 saturated carbocycles. The van der Waals surface area contributed by atoms with E-state index in [2.05, 4.69) is 19.2 Å². The summed E-state index contributed by atoms with van der Waals surface area (Å²) in [5.41, 5.74) is 0. The van der Waals surface area contributed by atoms with Gasteiger partial charge in [-0.15, -0.1) is 0 Å². The van der Waals surface area contributed by atoms with Crippen LogP contribution in [-0.4, -0.2) is 25.3 Å². The summed E-state index contributed by atoms with van der Waals surface area (Å²) in [6.07, 6.45) is 12.2. The summed E-state index contributed by atoms with van der Waals surface area (Å²) >= 11 is 0. The van der Waals surface area contributed by atoms with Gasteiger partial charge in [0.2, 0.25) is 0 Å². The first-order valence-corrected chi connectivity index (χ1v) is 7.71. The number of hydrogen-bond acceptors (Lipinski definition) is 2. The van der Waals surface area contributed by atoms with Crippen LogP contribution in [0.1, 0.15) is 71.6 Å². The zero-order chi connectivity index (χ0) is 12.3. The van der Waals surface area contributed by atoms with Crippen LogP contribution in [0.15, 0.2) is 0 Å². The molecule has 0 aromatic carbocycles. The van der Waals surface area contributed by atoms with Crippen molar-refractivity contribution in [2.45, 2.75) is 83.8 Å². The third-order valence-corrected chi connectivity index (χ3v) is 3.71. The molecule has 0 spiro atoms. The van der Waals surface area contributed by atoms with Crippen molar-refractivity contribution in [3.63, 3.8) is 0 Å². The fraction of sp³-hybridized carbons (Fsp3) is 1.00. The summed E-state index contributed by atoms with van der Waals surface area (Å²) in [5, 5.41) is 3.62. The number of rotatable bonds is 9. The molecular weight excluding hydrogens is 210 g/mol. The second kappa shape index (κ2) is 9.90. The van der Waals surface area contributed by atoms with Gasteiger partial charge >= 0.3 is 0 Å². The predicted molar refractivity (Wildman–Crippen MR) is 74.4 cm³/mol. The van der Waals surface area contributed by atoms with Crippen molar-refractivity contribution in [2.75, 3.05) is 13.2 Å². The maximum Gasteiger partial charge on any atom is 0.0576 e. The maximum absolute atomic E-state index is 5.95. The Kier molecular flexibility index (Phi) is 8.72. The largest absolute Gasteiger partial charge is 0.378 e. The van der Waals surface area contributed by atoms with Crippen LogP contribution in [0.2, 0.25) is 0 Å². The zero-order valence-electron chi connectivity index (χ0n) is 11.8. The van der Waals surface area contributed by atoms with Gasteiger partial charge in [0, 0.05) is 12.6 Å². The molecule has 0 amide bonds. The van der Waals surface area contributed by atoms with E-state index in [0.29, 0.717) is 6.10 Å². The predicted octanol–water partition coefficient (Wildman–Crippen LogP) is 3.89. The van der Waals surface area contributed by atoms with Crippen molar-refractivity contribution in [1.82, 2.24) is 5.32 Å². The number of hydrogen-bond donors (Lipinski definition) is 1. The van der Waals surface area contributed by atoms with Crippen molar-refractivity contribution >= 4 is 0 Å². The van der Waals surface area contributed by atoms with Crippen LogP contribution in [0.3, 0.4) is 0 Å². The first kappa shape index (κ1) is 15.0. The molecule has 2 heteroatoms.